The molecule has 3 nitrogen and oxygen atoms in total. The molecule has 2 rings (SSSR count). The van der Waals surface area contributed by atoms with Gasteiger partial charge in [-0.25, -0.2) is 4.98 Å². The van der Waals surface area contributed by atoms with E-state index in [1.807, 2.05) is 0 Å². The van der Waals surface area contributed by atoms with E-state index >= 15 is 0 Å². The van der Waals surface area contributed by atoms with Crippen molar-refractivity contribution in [3.05, 3.63) is 35.2 Å². The Hall–Kier alpha value is -1.77. The number of aromatic nitrogens is 2. The lowest BCUT2D eigenvalue weighted by molar-refractivity contribution is 0.556. The molecule has 0 saturated carbocycles. The van der Waals surface area contributed by atoms with Gasteiger partial charge >= 0.3 is 0 Å². The van der Waals surface area contributed by atoms with E-state index in [4.69, 9.17) is 10.7 Å². The van der Waals surface area contributed by atoms with Crippen LogP contribution in [0.15, 0.2) is 18.2 Å². The van der Waals surface area contributed by atoms with Gasteiger partial charge in [-0.2, -0.15) is 0 Å². The number of rotatable bonds is 3. The summed E-state index contributed by atoms with van der Waals surface area (Å²) in [5.74, 6) is 2.19. The molecule has 0 aliphatic heterocycles. The number of nitrogens with two attached hydrogens (primary N) is 1. The summed E-state index contributed by atoms with van der Waals surface area (Å²) in [6, 6.07) is 6.73. The van der Waals surface area contributed by atoms with Crippen molar-refractivity contribution in [3.8, 4) is 11.3 Å². The van der Waals surface area contributed by atoms with Crippen LogP contribution in [0.5, 0.6) is 0 Å². The molecular weight excluding hydrogens is 246 g/mol. The maximum Gasteiger partial charge on any atom is 0.131 e. The second-order valence-electron chi connectivity index (χ2n) is 6.12. The first kappa shape index (κ1) is 14.6. The first-order valence-corrected chi connectivity index (χ1v) is 7.28. The largest absolute Gasteiger partial charge is 0.383 e. The Morgan fingerprint density at radius 2 is 1.70 bits per heavy atom. The van der Waals surface area contributed by atoms with Crippen LogP contribution in [0.2, 0.25) is 0 Å². The molecule has 0 spiro atoms. The quantitative estimate of drug-likeness (QED) is 0.896. The molecule has 0 saturated heterocycles. The molecule has 0 fully saturated rings. The molecule has 20 heavy (non-hydrogen) atoms. The summed E-state index contributed by atoms with van der Waals surface area (Å²) in [6.07, 6.45) is 0. The van der Waals surface area contributed by atoms with Crippen molar-refractivity contribution >= 4 is 5.82 Å². The Balaban J connectivity index is 2.63. The zero-order valence-electron chi connectivity index (χ0n) is 13.4. The van der Waals surface area contributed by atoms with E-state index in [1.165, 1.54) is 11.1 Å². The maximum atomic E-state index is 6.36. The van der Waals surface area contributed by atoms with Crippen LogP contribution in [0.1, 0.15) is 56.6 Å². The van der Waals surface area contributed by atoms with Gasteiger partial charge in [0.2, 0.25) is 0 Å². The Kier molecular flexibility index (Phi) is 3.89. The second-order valence-corrected chi connectivity index (χ2v) is 6.12. The van der Waals surface area contributed by atoms with Crippen molar-refractivity contribution in [2.45, 2.75) is 53.5 Å². The van der Waals surface area contributed by atoms with E-state index in [9.17, 15) is 0 Å². The topological polar surface area (TPSA) is 43.8 Å². The highest BCUT2D eigenvalue weighted by molar-refractivity contribution is 5.72. The highest BCUT2D eigenvalue weighted by atomic mass is 15.2. The number of benzene rings is 1. The van der Waals surface area contributed by atoms with Crippen molar-refractivity contribution in [2.24, 2.45) is 0 Å². The van der Waals surface area contributed by atoms with Gasteiger partial charge in [0, 0.05) is 17.5 Å². The summed E-state index contributed by atoms with van der Waals surface area (Å²) in [4.78, 5) is 4.81. The molecule has 2 N–H and O–H groups in total. The lowest BCUT2D eigenvalue weighted by Gasteiger charge is -2.15. The molecule has 0 amide bonds. The Labute approximate surface area is 121 Å². The van der Waals surface area contributed by atoms with Crippen LogP contribution in [0.25, 0.3) is 11.3 Å². The molecule has 108 valence electrons. The SMILES string of the molecule is Cc1ccc(-c2nc(C(C)C)n(C(C)C)c2N)cc1C. The first-order chi connectivity index (χ1) is 9.32. The maximum absolute atomic E-state index is 6.36. The molecule has 0 radical (unpaired) electrons. The number of aryl methyl sites for hydroxylation is 2. The van der Waals surface area contributed by atoms with Crippen LogP contribution in [-0.2, 0) is 0 Å². The summed E-state index contributed by atoms with van der Waals surface area (Å²) < 4.78 is 2.15. The summed E-state index contributed by atoms with van der Waals surface area (Å²) in [7, 11) is 0. The van der Waals surface area contributed by atoms with Gasteiger partial charge in [0.05, 0.1) is 0 Å². The van der Waals surface area contributed by atoms with Crippen LogP contribution in [-0.4, -0.2) is 9.55 Å². The molecule has 0 aliphatic rings. The van der Waals surface area contributed by atoms with Crippen LogP contribution < -0.4 is 5.73 Å². The summed E-state index contributed by atoms with van der Waals surface area (Å²) in [5.41, 5.74) is 10.9. The third-order valence-corrected chi connectivity index (χ3v) is 3.79. The van der Waals surface area contributed by atoms with Gasteiger partial charge in [0.1, 0.15) is 17.3 Å². The number of imidazole rings is 1. The highest BCUT2D eigenvalue weighted by Gasteiger charge is 2.20. The summed E-state index contributed by atoms with van der Waals surface area (Å²) in [6.45, 7) is 12.9. The Bertz CT molecular complexity index is 621. The average Bonchev–Trinajstić information content (AvgIpc) is 2.71. The summed E-state index contributed by atoms with van der Waals surface area (Å²) >= 11 is 0. The zero-order chi connectivity index (χ0) is 15.0. The van der Waals surface area contributed by atoms with Gasteiger partial charge < -0.3 is 10.3 Å². The first-order valence-electron chi connectivity index (χ1n) is 7.28. The molecule has 1 aromatic carbocycles. The molecule has 0 aliphatic carbocycles. The standard InChI is InChI=1S/C17H25N3/c1-10(2)17-19-15(16(18)20(17)11(3)4)14-8-7-12(5)13(6)9-14/h7-11H,18H2,1-6H3. The van der Waals surface area contributed by atoms with Crippen molar-refractivity contribution in [2.75, 3.05) is 5.73 Å². The Morgan fingerprint density at radius 3 is 2.15 bits per heavy atom. The lowest BCUT2D eigenvalue weighted by atomic mass is 10.0. The van der Waals surface area contributed by atoms with Crippen molar-refractivity contribution in [1.82, 2.24) is 9.55 Å². The number of nitrogen functional groups attached to an aromatic ring is 1. The smallest absolute Gasteiger partial charge is 0.131 e. The molecule has 1 heterocycles. The van der Waals surface area contributed by atoms with Crippen molar-refractivity contribution < 1.29 is 0 Å². The minimum atomic E-state index is 0.320. The fourth-order valence-electron chi connectivity index (χ4n) is 2.51. The fraction of sp³-hybridized carbons (Fsp3) is 0.471. The minimum absolute atomic E-state index is 0.320. The van der Waals surface area contributed by atoms with E-state index in [1.54, 1.807) is 0 Å². The van der Waals surface area contributed by atoms with Crippen LogP contribution >= 0.6 is 0 Å². The van der Waals surface area contributed by atoms with E-state index in [2.05, 4.69) is 64.3 Å². The molecule has 0 bridgehead atoms. The minimum Gasteiger partial charge on any atom is -0.383 e. The fourth-order valence-corrected chi connectivity index (χ4v) is 2.51. The molecule has 3 heteroatoms. The molecule has 0 atom stereocenters. The lowest BCUT2D eigenvalue weighted by Crippen LogP contribution is -2.10. The van der Waals surface area contributed by atoms with Gasteiger partial charge in [-0.15, -0.1) is 0 Å². The second kappa shape index (κ2) is 5.31. The van der Waals surface area contributed by atoms with Gasteiger partial charge in [0.25, 0.3) is 0 Å². The molecule has 0 unspecified atom stereocenters. The van der Waals surface area contributed by atoms with Crippen molar-refractivity contribution in [3.63, 3.8) is 0 Å². The molecule has 2 aromatic rings. The van der Waals surface area contributed by atoms with E-state index < -0.39 is 0 Å². The molecular formula is C17H25N3. The normalized spacial score (nSPS) is 11.6. The van der Waals surface area contributed by atoms with Crippen LogP contribution in [0.4, 0.5) is 5.82 Å². The van der Waals surface area contributed by atoms with Crippen LogP contribution in [0.3, 0.4) is 0 Å². The van der Waals surface area contributed by atoms with Gasteiger partial charge in [-0.05, 0) is 44.9 Å². The number of hydrogen-bond acceptors (Lipinski definition) is 2. The monoisotopic (exact) mass is 271 g/mol. The highest BCUT2D eigenvalue weighted by Crippen LogP contribution is 2.32. The third kappa shape index (κ3) is 2.45. The van der Waals surface area contributed by atoms with Crippen molar-refractivity contribution in [1.29, 1.82) is 0 Å². The number of nitrogens with zero attached hydrogens (tertiary/aromatic N) is 2. The zero-order valence-corrected chi connectivity index (χ0v) is 13.4. The predicted molar refractivity (Wildman–Crippen MR) is 86.0 cm³/mol. The third-order valence-electron chi connectivity index (χ3n) is 3.79. The van der Waals surface area contributed by atoms with Gasteiger partial charge in [-0.1, -0.05) is 26.0 Å². The van der Waals surface area contributed by atoms with E-state index in [0.717, 1.165) is 22.9 Å². The molecule has 1 aromatic heterocycles. The van der Waals surface area contributed by atoms with Crippen LogP contribution in [0, 0.1) is 13.8 Å². The Morgan fingerprint density at radius 1 is 1.05 bits per heavy atom. The predicted octanol–water partition coefficient (Wildman–Crippen LogP) is 4.45. The van der Waals surface area contributed by atoms with Gasteiger partial charge in [-0.3, -0.25) is 0 Å². The average molecular weight is 271 g/mol. The summed E-state index contributed by atoms with van der Waals surface area (Å²) in [5, 5.41) is 0. The van der Waals surface area contributed by atoms with E-state index in [0.29, 0.717) is 12.0 Å². The van der Waals surface area contributed by atoms with E-state index in [-0.39, 0.29) is 0 Å². The number of hydrogen-bond donors (Lipinski definition) is 1. The van der Waals surface area contributed by atoms with Gasteiger partial charge in [0.15, 0.2) is 0 Å². The number of anilines is 1.